The van der Waals surface area contributed by atoms with Gasteiger partial charge in [0, 0.05) is 10.8 Å². The fraction of sp³-hybridized carbons (Fsp3) is 0.0556. The summed E-state index contributed by atoms with van der Waals surface area (Å²) in [6, 6.07) is 18.0. The molecular formula is C18H12O2. The van der Waals surface area contributed by atoms with Crippen LogP contribution in [0.25, 0.3) is 32.7 Å². The number of benzene rings is 3. The van der Waals surface area contributed by atoms with E-state index in [2.05, 4.69) is 12.1 Å². The Kier molecular flexibility index (Phi) is 2.21. The molecule has 4 rings (SSSR count). The van der Waals surface area contributed by atoms with Crippen LogP contribution in [-0.4, -0.2) is 5.78 Å². The van der Waals surface area contributed by atoms with Gasteiger partial charge in [0.05, 0.1) is 5.56 Å². The predicted molar refractivity (Wildman–Crippen MR) is 81.2 cm³/mol. The van der Waals surface area contributed by atoms with E-state index < -0.39 is 0 Å². The third-order valence-corrected chi connectivity index (χ3v) is 3.77. The quantitative estimate of drug-likeness (QED) is 0.454. The highest BCUT2D eigenvalue weighted by molar-refractivity contribution is 6.21. The molecule has 1 heterocycles. The fourth-order valence-electron chi connectivity index (χ4n) is 2.85. The van der Waals surface area contributed by atoms with E-state index in [4.69, 9.17) is 4.42 Å². The number of hydrogen-bond donors (Lipinski definition) is 0. The number of hydrogen-bond acceptors (Lipinski definition) is 2. The maximum absolute atomic E-state index is 11.7. The molecule has 20 heavy (non-hydrogen) atoms. The van der Waals surface area contributed by atoms with Gasteiger partial charge in [-0.25, -0.2) is 0 Å². The standard InChI is InChI=1S/C18H12O2/c1-11(19)13-7-4-8-15-17-14-6-3-2-5-12(14)9-10-16(17)20-18(13)15/h2-10H,1H3. The van der Waals surface area contributed by atoms with Gasteiger partial charge in [0.1, 0.15) is 11.2 Å². The van der Waals surface area contributed by atoms with Crippen LogP contribution in [0.4, 0.5) is 0 Å². The van der Waals surface area contributed by atoms with Crippen LogP contribution in [0.2, 0.25) is 0 Å². The van der Waals surface area contributed by atoms with Crippen molar-refractivity contribution in [1.29, 1.82) is 0 Å². The van der Waals surface area contributed by atoms with E-state index in [-0.39, 0.29) is 5.78 Å². The van der Waals surface area contributed by atoms with Gasteiger partial charge in [0.15, 0.2) is 5.78 Å². The highest BCUT2D eigenvalue weighted by Crippen LogP contribution is 2.35. The summed E-state index contributed by atoms with van der Waals surface area (Å²) in [6.45, 7) is 1.57. The minimum absolute atomic E-state index is 0.0268. The molecule has 2 nitrogen and oxygen atoms in total. The summed E-state index contributed by atoms with van der Waals surface area (Å²) in [7, 11) is 0. The Bertz CT molecular complexity index is 977. The van der Waals surface area contributed by atoms with E-state index in [1.807, 2.05) is 42.5 Å². The Hall–Kier alpha value is -2.61. The van der Waals surface area contributed by atoms with E-state index in [1.165, 1.54) is 5.39 Å². The summed E-state index contributed by atoms with van der Waals surface area (Å²) in [6.07, 6.45) is 0. The lowest BCUT2D eigenvalue weighted by Gasteiger charge is -1.98. The largest absolute Gasteiger partial charge is 0.455 e. The Morgan fingerprint density at radius 2 is 1.70 bits per heavy atom. The number of rotatable bonds is 1. The van der Waals surface area contributed by atoms with Gasteiger partial charge in [-0.3, -0.25) is 4.79 Å². The molecule has 0 aliphatic carbocycles. The number of carbonyl (C=O) groups excluding carboxylic acids is 1. The first-order valence-corrected chi connectivity index (χ1v) is 6.59. The molecule has 0 unspecified atom stereocenters. The summed E-state index contributed by atoms with van der Waals surface area (Å²) >= 11 is 0. The Labute approximate surface area is 115 Å². The highest BCUT2D eigenvalue weighted by Gasteiger charge is 2.14. The lowest BCUT2D eigenvalue weighted by atomic mass is 10.0. The SMILES string of the molecule is CC(=O)c1cccc2c1oc1ccc3ccccc3c12. The van der Waals surface area contributed by atoms with Crippen LogP contribution >= 0.6 is 0 Å². The molecule has 0 N–H and O–H groups in total. The maximum atomic E-state index is 11.7. The number of Topliss-reactive ketones (excluding diaryl/α,β-unsaturated/α-hetero) is 1. The van der Waals surface area contributed by atoms with Crippen molar-refractivity contribution in [2.24, 2.45) is 0 Å². The number of para-hydroxylation sites is 1. The van der Waals surface area contributed by atoms with Gasteiger partial charge >= 0.3 is 0 Å². The second kappa shape index (κ2) is 3.94. The Morgan fingerprint density at radius 1 is 0.900 bits per heavy atom. The van der Waals surface area contributed by atoms with E-state index in [1.54, 1.807) is 6.92 Å². The molecule has 96 valence electrons. The van der Waals surface area contributed by atoms with Gasteiger partial charge in [-0.1, -0.05) is 42.5 Å². The molecule has 4 aromatic rings. The lowest BCUT2D eigenvalue weighted by Crippen LogP contribution is -1.91. The average Bonchev–Trinajstić information content (AvgIpc) is 2.85. The summed E-state index contributed by atoms with van der Waals surface area (Å²) in [5.74, 6) is 0.0268. The topological polar surface area (TPSA) is 30.2 Å². The molecule has 0 saturated carbocycles. The summed E-state index contributed by atoms with van der Waals surface area (Å²) in [5.41, 5.74) is 2.15. The molecule has 0 atom stereocenters. The highest BCUT2D eigenvalue weighted by atomic mass is 16.3. The molecule has 0 bridgehead atoms. The molecule has 0 aliphatic heterocycles. The molecular weight excluding hydrogens is 248 g/mol. The van der Waals surface area contributed by atoms with Crippen molar-refractivity contribution >= 4 is 38.5 Å². The molecule has 0 radical (unpaired) electrons. The molecule has 2 heteroatoms. The Morgan fingerprint density at radius 3 is 2.55 bits per heavy atom. The zero-order chi connectivity index (χ0) is 13.7. The molecule has 0 fully saturated rings. The fourth-order valence-corrected chi connectivity index (χ4v) is 2.85. The van der Waals surface area contributed by atoms with E-state index in [0.29, 0.717) is 11.1 Å². The van der Waals surface area contributed by atoms with Crippen molar-refractivity contribution < 1.29 is 9.21 Å². The second-order valence-electron chi connectivity index (χ2n) is 5.00. The van der Waals surface area contributed by atoms with E-state index in [0.717, 1.165) is 21.7 Å². The maximum Gasteiger partial charge on any atom is 0.163 e. The monoisotopic (exact) mass is 260 g/mol. The molecule has 3 aromatic carbocycles. The lowest BCUT2D eigenvalue weighted by molar-refractivity contribution is 0.101. The first kappa shape index (κ1) is 11.2. The van der Waals surface area contributed by atoms with Crippen LogP contribution in [0.5, 0.6) is 0 Å². The smallest absolute Gasteiger partial charge is 0.163 e. The van der Waals surface area contributed by atoms with Gasteiger partial charge in [-0.15, -0.1) is 0 Å². The summed E-state index contributed by atoms with van der Waals surface area (Å²) < 4.78 is 5.93. The van der Waals surface area contributed by atoms with Crippen molar-refractivity contribution in [2.75, 3.05) is 0 Å². The van der Waals surface area contributed by atoms with E-state index >= 15 is 0 Å². The van der Waals surface area contributed by atoms with Crippen molar-refractivity contribution in [3.63, 3.8) is 0 Å². The molecule has 1 aromatic heterocycles. The zero-order valence-corrected chi connectivity index (χ0v) is 11.0. The molecule has 0 amide bonds. The van der Waals surface area contributed by atoms with Gasteiger partial charge < -0.3 is 4.42 Å². The molecule has 0 saturated heterocycles. The van der Waals surface area contributed by atoms with Crippen LogP contribution < -0.4 is 0 Å². The van der Waals surface area contributed by atoms with Gasteiger partial charge in [-0.05, 0) is 29.8 Å². The number of furan rings is 1. The summed E-state index contributed by atoms with van der Waals surface area (Å²) in [4.78, 5) is 11.7. The first-order valence-electron chi connectivity index (χ1n) is 6.59. The van der Waals surface area contributed by atoms with Gasteiger partial charge in [0.2, 0.25) is 0 Å². The van der Waals surface area contributed by atoms with Crippen LogP contribution in [0.15, 0.2) is 59.0 Å². The molecule has 0 spiro atoms. The van der Waals surface area contributed by atoms with Crippen LogP contribution in [0.3, 0.4) is 0 Å². The number of carbonyl (C=O) groups is 1. The third-order valence-electron chi connectivity index (χ3n) is 3.77. The first-order chi connectivity index (χ1) is 9.75. The van der Waals surface area contributed by atoms with Crippen LogP contribution in [0, 0.1) is 0 Å². The van der Waals surface area contributed by atoms with Crippen molar-refractivity contribution in [3.05, 3.63) is 60.2 Å². The minimum atomic E-state index is 0.0268. The van der Waals surface area contributed by atoms with Crippen LogP contribution in [-0.2, 0) is 0 Å². The zero-order valence-electron chi connectivity index (χ0n) is 11.0. The second-order valence-corrected chi connectivity index (χ2v) is 5.00. The van der Waals surface area contributed by atoms with Crippen molar-refractivity contribution in [3.8, 4) is 0 Å². The number of fused-ring (bicyclic) bond motifs is 5. The minimum Gasteiger partial charge on any atom is -0.455 e. The van der Waals surface area contributed by atoms with Gasteiger partial charge in [-0.2, -0.15) is 0 Å². The normalized spacial score (nSPS) is 11.4. The predicted octanol–water partition coefficient (Wildman–Crippen LogP) is 4.94. The van der Waals surface area contributed by atoms with Crippen molar-refractivity contribution in [1.82, 2.24) is 0 Å². The van der Waals surface area contributed by atoms with Crippen molar-refractivity contribution in [2.45, 2.75) is 6.92 Å². The van der Waals surface area contributed by atoms with Crippen LogP contribution in [0.1, 0.15) is 17.3 Å². The third kappa shape index (κ3) is 1.42. The van der Waals surface area contributed by atoms with E-state index in [9.17, 15) is 4.79 Å². The number of ketones is 1. The summed E-state index contributed by atoms with van der Waals surface area (Å²) in [5, 5.41) is 4.42. The average molecular weight is 260 g/mol. The molecule has 0 aliphatic rings. The van der Waals surface area contributed by atoms with Gasteiger partial charge in [0.25, 0.3) is 0 Å². The Balaban J connectivity index is 2.29.